The van der Waals surface area contributed by atoms with Crippen molar-refractivity contribution in [2.24, 2.45) is 5.41 Å². The van der Waals surface area contributed by atoms with Crippen molar-refractivity contribution in [2.75, 3.05) is 20.3 Å². The molecule has 2 N–H and O–H groups in total. The lowest BCUT2D eigenvalue weighted by atomic mass is 9.81. The van der Waals surface area contributed by atoms with Gasteiger partial charge in [-0.15, -0.1) is 0 Å². The zero-order chi connectivity index (χ0) is 13.4. The van der Waals surface area contributed by atoms with Gasteiger partial charge in [0.25, 0.3) is 0 Å². The molecule has 0 aromatic carbocycles. The number of hydrogen-bond donors (Lipinski definition) is 2. The van der Waals surface area contributed by atoms with Crippen LogP contribution in [0.15, 0.2) is 0 Å². The van der Waals surface area contributed by atoms with E-state index in [1.165, 1.54) is 7.11 Å². The Kier molecular flexibility index (Phi) is 6.10. The molecule has 1 aliphatic carbocycles. The summed E-state index contributed by atoms with van der Waals surface area (Å²) >= 11 is 0. The number of hydrogen-bond acceptors (Lipinski definition) is 4. The molecule has 0 aliphatic heterocycles. The number of amides is 1. The van der Waals surface area contributed by atoms with Crippen LogP contribution < -0.4 is 5.32 Å². The zero-order valence-corrected chi connectivity index (χ0v) is 10.9. The number of nitriles is 1. The Morgan fingerprint density at radius 3 is 2.50 bits per heavy atom. The molecular formula is C13H22N2O3. The fourth-order valence-electron chi connectivity index (χ4n) is 2.39. The standard InChI is InChI=1S/C13H22N2O3/c1-18-9-11(8-16)15-12(17)13(10-14)6-4-2-3-5-7-13/h11,16H,2-9H2,1H3,(H,15,17). The van der Waals surface area contributed by atoms with Gasteiger partial charge in [0.05, 0.1) is 25.3 Å². The number of rotatable bonds is 5. The number of aliphatic hydroxyl groups excluding tert-OH is 1. The highest BCUT2D eigenvalue weighted by molar-refractivity contribution is 5.85. The third kappa shape index (κ3) is 3.69. The Morgan fingerprint density at radius 1 is 1.44 bits per heavy atom. The fraction of sp³-hybridized carbons (Fsp3) is 0.846. The molecule has 1 atom stereocenters. The van der Waals surface area contributed by atoms with E-state index in [4.69, 9.17) is 9.84 Å². The van der Waals surface area contributed by atoms with Crippen LogP contribution in [0.3, 0.4) is 0 Å². The summed E-state index contributed by atoms with van der Waals surface area (Å²) in [6.07, 6.45) is 5.21. The fourth-order valence-corrected chi connectivity index (χ4v) is 2.39. The molecule has 0 bridgehead atoms. The van der Waals surface area contributed by atoms with Crippen molar-refractivity contribution in [3.8, 4) is 6.07 Å². The van der Waals surface area contributed by atoms with Crippen LogP contribution in [0.25, 0.3) is 0 Å². The molecular weight excluding hydrogens is 232 g/mol. The van der Waals surface area contributed by atoms with Crippen molar-refractivity contribution < 1.29 is 14.6 Å². The molecule has 102 valence electrons. The quantitative estimate of drug-likeness (QED) is 0.716. The van der Waals surface area contributed by atoms with E-state index >= 15 is 0 Å². The van der Waals surface area contributed by atoms with Crippen molar-refractivity contribution in [1.82, 2.24) is 5.32 Å². The summed E-state index contributed by atoms with van der Waals surface area (Å²) in [6, 6.07) is 1.76. The molecule has 0 saturated heterocycles. The minimum Gasteiger partial charge on any atom is -0.394 e. The lowest BCUT2D eigenvalue weighted by Crippen LogP contribution is -2.48. The molecule has 18 heavy (non-hydrogen) atoms. The number of carbonyl (C=O) groups excluding carboxylic acids is 1. The lowest BCUT2D eigenvalue weighted by Gasteiger charge is -2.26. The molecule has 0 radical (unpaired) electrons. The van der Waals surface area contributed by atoms with Gasteiger partial charge in [-0.3, -0.25) is 4.79 Å². The monoisotopic (exact) mass is 254 g/mol. The number of aliphatic hydroxyl groups is 1. The summed E-state index contributed by atoms with van der Waals surface area (Å²) in [4.78, 5) is 12.2. The third-order valence-corrected chi connectivity index (χ3v) is 3.53. The van der Waals surface area contributed by atoms with Crippen LogP contribution in [-0.2, 0) is 9.53 Å². The van der Waals surface area contributed by atoms with Crippen molar-refractivity contribution in [3.05, 3.63) is 0 Å². The average Bonchev–Trinajstić information content (AvgIpc) is 2.64. The Balaban J connectivity index is 2.68. The summed E-state index contributed by atoms with van der Waals surface area (Å²) in [5.74, 6) is -0.261. The molecule has 1 unspecified atom stereocenters. The van der Waals surface area contributed by atoms with Crippen LogP contribution in [0.5, 0.6) is 0 Å². The first kappa shape index (κ1) is 14.9. The van der Waals surface area contributed by atoms with E-state index in [0.717, 1.165) is 25.7 Å². The van der Waals surface area contributed by atoms with Gasteiger partial charge in [0.1, 0.15) is 5.41 Å². The first-order valence-corrected chi connectivity index (χ1v) is 6.50. The molecule has 5 heteroatoms. The maximum Gasteiger partial charge on any atom is 0.240 e. The van der Waals surface area contributed by atoms with E-state index in [2.05, 4.69) is 11.4 Å². The number of ether oxygens (including phenoxy) is 1. The van der Waals surface area contributed by atoms with Crippen molar-refractivity contribution >= 4 is 5.91 Å². The van der Waals surface area contributed by atoms with Crippen LogP contribution in [0.4, 0.5) is 0 Å². The van der Waals surface area contributed by atoms with E-state index in [1.54, 1.807) is 0 Å². The maximum atomic E-state index is 12.2. The SMILES string of the molecule is COCC(CO)NC(=O)C1(C#N)CCCCCC1. The van der Waals surface area contributed by atoms with Crippen LogP contribution >= 0.6 is 0 Å². The third-order valence-electron chi connectivity index (χ3n) is 3.53. The normalized spacial score (nSPS) is 20.5. The van der Waals surface area contributed by atoms with Crippen molar-refractivity contribution in [3.63, 3.8) is 0 Å². The first-order chi connectivity index (χ1) is 8.68. The Hall–Kier alpha value is -1.12. The van der Waals surface area contributed by atoms with E-state index in [1.807, 2.05) is 0 Å². The molecule has 0 spiro atoms. The number of nitrogens with zero attached hydrogens (tertiary/aromatic N) is 1. The van der Waals surface area contributed by atoms with E-state index in [9.17, 15) is 10.1 Å². The van der Waals surface area contributed by atoms with Crippen LogP contribution in [0.1, 0.15) is 38.5 Å². The number of methoxy groups -OCH3 is 1. The van der Waals surface area contributed by atoms with E-state index < -0.39 is 11.5 Å². The van der Waals surface area contributed by atoms with E-state index in [0.29, 0.717) is 12.8 Å². The van der Waals surface area contributed by atoms with Gasteiger partial charge in [-0.2, -0.15) is 5.26 Å². The number of carbonyl (C=O) groups is 1. The highest BCUT2D eigenvalue weighted by Gasteiger charge is 2.39. The highest BCUT2D eigenvalue weighted by Crippen LogP contribution is 2.34. The topological polar surface area (TPSA) is 82.3 Å². The van der Waals surface area contributed by atoms with Gasteiger partial charge in [0, 0.05) is 7.11 Å². The maximum absolute atomic E-state index is 12.2. The predicted octanol–water partition coefficient (Wildman–Crippen LogP) is 0.974. The Bertz CT molecular complexity index is 304. The molecule has 0 aromatic heterocycles. The van der Waals surface area contributed by atoms with Gasteiger partial charge in [-0.05, 0) is 12.8 Å². The predicted molar refractivity (Wildman–Crippen MR) is 66.6 cm³/mol. The summed E-state index contributed by atoms with van der Waals surface area (Å²) in [5, 5.41) is 21.2. The summed E-state index contributed by atoms with van der Waals surface area (Å²) in [6.45, 7) is 0.0742. The summed E-state index contributed by atoms with van der Waals surface area (Å²) in [7, 11) is 1.51. The summed E-state index contributed by atoms with van der Waals surface area (Å²) < 4.78 is 4.92. The Labute approximate surface area is 108 Å². The average molecular weight is 254 g/mol. The second kappa shape index (κ2) is 7.34. The zero-order valence-electron chi connectivity index (χ0n) is 10.9. The van der Waals surface area contributed by atoms with Crippen molar-refractivity contribution in [1.29, 1.82) is 5.26 Å². The molecule has 1 amide bonds. The second-order valence-electron chi connectivity index (χ2n) is 4.92. The molecule has 0 aromatic rings. The second-order valence-corrected chi connectivity index (χ2v) is 4.92. The van der Waals surface area contributed by atoms with Gasteiger partial charge < -0.3 is 15.2 Å². The summed E-state index contributed by atoms with van der Waals surface area (Å²) in [5.41, 5.74) is -0.919. The van der Waals surface area contributed by atoms with Gasteiger partial charge in [0.2, 0.25) is 5.91 Å². The first-order valence-electron chi connectivity index (χ1n) is 6.50. The molecule has 1 fully saturated rings. The van der Waals surface area contributed by atoms with Gasteiger partial charge in [-0.25, -0.2) is 0 Å². The molecule has 1 aliphatic rings. The van der Waals surface area contributed by atoms with Gasteiger partial charge >= 0.3 is 0 Å². The smallest absolute Gasteiger partial charge is 0.240 e. The lowest BCUT2D eigenvalue weighted by molar-refractivity contribution is -0.130. The molecule has 1 saturated carbocycles. The van der Waals surface area contributed by atoms with Crippen LogP contribution in [-0.4, -0.2) is 37.4 Å². The van der Waals surface area contributed by atoms with Gasteiger partial charge in [-0.1, -0.05) is 25.7 Å². The largest absolute Gasteiger partial charge is 0.394 e. The number of nitrogens with one attached hydrogen (secondary N) is 1. The Morgan fingerprint density at radius 2 is 2.06 bits per heavy atom. The van der Waals surface area contributed by atoms with Crippen LogP contribution in [0.2, 0.25) is 0 Å². The van der Waals surface area contributed by atoms with Crippen molar-refractivity contribution in [2.45, 2.75) is 44.6 Å². The molecule has 0 heterocycles. The molecule has 5 nitrogen and oxygen atoms in total. The van der Waals surface area contributed by atoms with Crippen LogP contribution in [0, 0.1) is 16.7 Å². The van der Waals surface area contributed by atoms with E-state index in [-0.39, 0.29) is 19.1 Å². The highest BCUT2D eigenvalue weighted by atomic mass is 16.5. The molecule has 1 rings (SSSR count). The van der Waals surface area contributed by atoms with Gasteiger partial charge in [0.15, 0.2) is 0 Å². The minimum absolute atomic E-state index is 0.179. The minimum atomic E-state index is -0.919.